The molecule has 6 rings (SSSR count). The Kier molecular flexibility index (Phi) is 11.3. The van der Waals surface area contributed by atoms with Crippen molar-refractivity contribution < 1.29 is 39.9 Å². The molecule has 0 aliphatic rings. The normalized spacial score (nSPS) is 10.2. The molecule has 0 bridgehead atoms. The first-order valence-electron chi connectivity index (χ1n) is 13.9. The van der Waals surface area contributed by atoms with Gasteiger partial charge in [-0.05, 0) is 35.7 Å². The van der Waals surface area contributed by atoms with E-state index in [0.29, 0.717) is 12.1 Å². The predicted molar refractivity (Wildman–Crippen MR) is 169 cm³/mol. The average molecular weight is 795 g/mol. The minimum absolute atomic E-state index is 0. The van der Waals surface area contributed by atoms with Gasteiger partial charge in [0, 0.05) is 40.3 Å². The molecular weight excluding hydrogens is 769 g/mol. The number of hydrogen-bond acceptors (Lipinski definition) is 2. The van der Waals surface area contributed by atoms with Crippen LogP contribution < -0.4 is 4.90 Å². The molecule has 0 spiro atoms. The van der Waals surface area contributed by atoms with Crippen LogP contribution in [-0.4, -0.2) is 4.98 Å². The number of rotatable bonds is 5. The van der Waals surface area contributed by atoms with E-state index in [1.807, 2.05) is 50.2 Å². The Morgan fingerprint density at radius 3 is 1.43 bits per heavy atom. The minimum atomic E-state index is -0.826. The third-order valence-electron chi connectivity index (χ3n) is 6.91. The Bertz CT molecular complexity index is 1860. The van der Waals surface area contributed by atoms with Gasteiger partial charge in [-0.2, -0.15) is 0 Å². The molecule has 0 amide bonds. The summed E-state index contributed by atoms with van der Waals surface area (Å²) in [5.41, 5.74) is 6.56. The molecule has 0 N–H and O–H groups in total. The number of para-hydroxylation sites is 2. The fourth-order valence-electron chi connectivity index (χ4n) is 4.86. The Hall–Kier alpha value is -4.93. The van der Waals surface area contributed by atoms with Gasteiger partial charge in [-0.3, -0.25) is 23.5 Å². The van der Waals surface area contributed by atoms with Gasteiger partial charge in [-0.15, -0.1) is 41.0 Å². The van der Waals surface area contributed by atoms with Crippen molar-refractivity contribution in [3.8, 4) is 28.4 Å². The van der Waals surface area contributed by atoms with Crippen molar-refractivity contribution in [3.63, 3.8) is 0 Å². The Morgan fingerprint density at radius 1 is 0.609 bits per heavy atom. The zero-order chi connectivity index (χ0) is 31.9. The second-order valence-corrected chi connectivity index (χ2v) is 10.1. The Morgan fingerprint density at radius 2 is 1.04 bits per heavy atom. The van der Waals surface area contributed by atoms with Crippen LogP contribution in [0, 0.1) is 61.6 Å². The SMILES string of the molecule is Fc1c[c-]c(-c2cccc(-c3[c-]cc(F)cc3F)n2)c(F)c1.[Au+3].[C-]#Cc1c(C)cc(N(c2ccccc2)c2ccccc2)cc1C. The molecule has 2 nitrogen and oxygen atoms in total. The van der Waals surface area contributed by atoms with E-state index in [9.17, 15) is 17.6 Å². The second-order valence-electron chi connectivity index (χ2n) is 10.1. The topological polar surface area (TPSA) is 16.1 Å². The fourth-order valence-corrected chi connectivity index (χ4v) is 4.86. The molecule has 0 saturated carbocycles. The van der Waals surface area contributed by atoms with Crippen LogP contribution in [0.3, 0.4) is 0 Å². The quantitative estimate of drug-likeness (QED) is 0.0748. The summed E-state index contributed by atoms with van der Waals surface area (Å²) in [7, 11) is 0. The van der Waals surface area contributed by atoms with Gasteiger partial charge in [0.15, 0.2) is 0 Å². The van der Waals surface area contributed by atoms with Crippen molar-refractivity contribution >= 4 is 17.1 Å². The summed E-state index contributed by atoms with van der Waals surface area (Å²) in [5, 5.41) is 0. The Labute approximate surface area is 281 Å². The van der Waals surface area contributed by atoms with Crippen LogP contribution >= 0.6 is 0 Å². The minimum Gasteiger partial charge on any atom is -0.366 e. The first-order valence-corrected chi connectivity index (χ1v) is 13.9. The van der Waals surface area contributed by atoms with Gasteiger partial charge in [-0.25, -0.2) is 0 Å². The van der Waals surface area contributed by atoms with Gasteiger partial charge in [0.1, 0.15) is 0 Å². The molecule has 0 saturated heterocycles. The zero-order valence-electron chi connectivity index (χ0n) is 24.7. The van der Waals surface area contributed by atoms with Crippen molar-refractivity contribution in [2.45, 2.75) is 13.8 Å². The van der Waals surface area contributed by atoms with Gasteiger partial charge in [0.25, 0.3) is 0 Å². The van der Waals surface area contributed by atoms with Crippen LogP contribution in [0.25, 0.3) is 22.5 Å². The van der Waals surface area contributed by atoms with Crippen LogP contribution in [0.15, 0.2) is 115 Å². The second kappa shape index (κ2) is 15.4. The third-order valence-corrected chi connectivity index (χ3v) is 6.91. The Balaban J connectivity index is 0.000000205. The number of benzene rings is 5. The van der Waals surface area contributed by atoms with Crippen molar-refractivity contribution in [2.24, 2.45) is 0 Å². The average Bonchev–Trinajstić information content (AvgIpc) is 3.03. The number of nitrogens with zero attached hydrogens (tertiary/aromatic N) is 2. The zero-order valence-corrected chi connectivity index (χ0v) is 26.8. The maximum absolute atomic E-state index is 13.8. The van der Waals surface area contributed by atoms with Gasteiger partial charge in [0.05, 0.1) is 0 Å². The van der Waals surface area contributed by atoms with E-state index in [0.717, 1.165) is 45.9 Å². The van der Waals surface area contributed by atoms with Crippen molar-refractivity contribution in [3.05, 3.63) is 174 Å². The van der Waals surface area contributed by atoms with Crippen LogP contribution in [0.5, 0.6) is 0 Å². The summed E-state index contributed by atoms with van der Waals surface area (Å²) in [6.45, 7) is 4.06. The number of pyridine rings is 1. The summed E-state index contributed by atoms with van der Waals surface area (Å²) in [5.74, 6) is -0.619. The molecule has 0 aliphatic heterocycles. The molecule has 5 aromatic carbocycles. The molecule has 0 fully saturated rings. The van der Waals surface area contributed by atoms with Crippen LogP contribution in [0.1, 0.15) is 16.7 Å². The van der Waals surface area contributed by atoms with E-state index in [2.05, 4.69) is 64.3 Å². The van der Waals surface area contributed by atoms with Crippen LogP contribution in [-0.2, 0) is 22.4 Å². The summed E-state index contributed by atoms with van der Waals surface area (Å²) >= 11 is 0. The molecule has 0 atom stereocenters. The van der Waals surface area contributed by atoms with Crippen molar-refractivity contribution in [1.82, 2.24) is 4.98 Å². The molecule has 6 aromatic rings. The van der Waals surface area contributed by atoms with Crippen LogP contribution in [0.2, 0.25) is 0 Å². The molecule has 7 heteroatoms. The van der Waals surface area contributed by atoms with E-state index in [4.69, 9.17) is 6.42 Å². The molecule has 1 aromatic heterocycles. The van der Waals surface area contributed by atoms with E-state index in [1.165, 1.54) is 18.2 Å². The summed E-state index contributed by atoms with van der Waals surface area (Å²) < 4.78 is 53.4. The third kappa shape index (κ3) is 7.82. The summed E-state index contributed by atoms with van der Waals surface area (Å²) in [6.07, 6.45) is 7.47. The van der Waals surface area contributed by atoms with Gasteiger partial charge < -0.3 is 16.3 Å². The maximum Gasteiger partial charge on any atom is 3.00 e. The summed E-state index contributed by atoms with van der Waals surface area (Å²) in [6, 6.07) is 37.7. The molecular formula is C39H25AuF4N2. The number of hydrogen-bond donors (Lipinski definition) is 0. The van der Waals surface area contributed by atoms with E-state index in [1.54, 1.807) is 0 Å². The fraction of sp³-hybridized carbons (Fsp3) is 0.0513. The van der Waals surface area contributed by atoms with Crippen molar-refractivity contribution in [2.75, 3.05) is 4.90 Å². The largest absolute Gasteiger partial charge is 3.00 e. The van der Waals surface area contributed by atoms with Crippen LogP contribution in [0.4, 0.5) is 34.6 Å². The smallest absolute Gasteiger partial charge is 0.366 e. The molecule has 46 heavy (non-hydrogen) atoms. The molecule has 0 aliphatic carbocycles. The maximum atomic E-state index is 13.8. The number of aryl methyl sites for hydroxylation is 2. The monoisotopic (exact) mass is 794 g/mol. The number of anilines is 3. The van der Waals surface area contributed by atoms with Gasteiger partial charge >= 0.3 is 22.4 Å². The standard InChI is InChI=1S/C22H18N.C17H7F4N.Au/c1-4-22-17(2)15-21(16-18(22)3)23(19-11-7-5-8-12-19)20-13-9-6-10-14-20;18-10-4-6-12(14(20)8-10)16-2-1-3-17(22-16)13-7-5-11(19)9-15(13)21;/h5-16H,2-3H3;1-5,8-9H;/q-1;-2;+3. The van der Waals surface area contributed by atoms with E-state index >= 15 is 0 Å². The molecule has 1 heterocycles. The predicted octanol–water partition coefficient (Wildman–Crippen LogP) is 10.3. The number of aromatic nitrogens is 1. The van der Waals surface area contributed by atoms with E-state index < -0.39 is 23.3 Å². The van der Waals surface area contributed by atoms with E-state index in [-0.39, 0.29) is 44.9 Å². The summed E-state index contributed by atoms with van der Waals surface area (Å²) in [4.78, 5) is 6.34. The first kappa shape index (κ1) is 34.0. The van der Waals surface area contributed by atoms with Crippen molar-refractivity contribution in [1.29, 1.82) is 0 Å². The molecule has 0 radical (unpaired) electrons. The first-order chi connectivity index (χ1) is 21.7. The molecule has 230 valence electrons. The number of halogens is 4. The van der Waals surface area contributed by atoms with Gasteiger partial charge in [-0.1, -0.05) is 104 Å². The van der Waals surface area contributed by atoms with Gasteiger partial charge in [0.2, 0.25) is 0 Å². The molecule has 0 unspecified atom stereocenters.